The predicted octanol–water partition coefficient (Wildman–Crippen LogP) is 2.92. The van der Waals surface area contributed by atoms with Crippen LogP contribution in [0.2, 0.25) is 0 Å². The van der Waals surface area contributed by atoms with E-state index in [0.717, 1.165) is 18.6 Å². The van der Waals surface area contributed by atoms with E-state index in [9.17, 15) is 9.90 Å². The Morgan fingerprint density at radius 1 is 1.22 bits per heavy atom. The maximum Gasteiger partial charge on any atom is 0.322 e. The number of carbonyl (C=O) groups is 1. The Bertz CT molecular complexity index is 723. The van der Waals surface area contributed by atoms with Crippen molar-refractivity contribution < 1.29 is 19.4 Å². The van der Waals surface area contributed by atoms with Gasteiger partial charge in [0.15, 0.2) is 0 Å². The van der Waals surface area contributed by atoms with Gasteiger partial charge in [-0.25, -0.2) is 4.79 Å². The standard InChI is InChI=1S/C21H26N2O4/c24-19-15-23(11-13-26-16-19)21(25)22-18-9-4-10-20(14-18)27-12-5-8-17-6-2-1-3-7-17/h1-4,6-7,9-10,14,19,24H,5,8,11-13,15-16H2,(H,22,25)/t19-/m1/s1. The number of amides is 2. The number of urea groups is 1. The number of benzene rings is 2. The second-order valence-corrected chi connectivity index (χ2v) is 6.57. The maximum atomic E-state index is 12.4. The van der Waals surface area contributed by atoms with E-state index < -0.39 is 6.10 Å². The van der Waals surface area contributed by atoms with Crippen LogP contribution in [0.4, 0.5) is 10.5 Å². The number of nitrogens with one attached hydrogen (secondary N) is 1. The number of aliphatic hydroxyl groups is 1. The van der Waals surface area contributed by atoms with E-state index in [1.165, 1.54) is 5.56 Å². The average Bonchev–Trinajstić information content (AvgIpc) is 2.91. The second kappa shape index (κ2) is 9.94. The quantitative estimate of drug-likeness (QED) is 0.767. The fourth-order valence-electron chi connectivity index (χ4n) is 2.95. The number of carbonyl (C=O) groups excluding carboxylic acids is 1. The molecule has 0 saturated carbocycles. The van der Waals surface area contributed by atoms with Crippen LogP contribution in [-0.2, 0) is 11.2 Å². The molecule has 2 amide bonds. The zero-order valence-electron chi connectivity index (χ0n) is 15.3. The summed E-state index contributed by atoms with van der Waals surface area (Å²) in [6.45, 7) is 2.02. The Labute approximate surface area is 159 Å². The molecule has 27 heavy (non-hydrogen) atoms. The Hall–Kier alpha value is -2.57. The van der Waals surface area contributed by atoms with Crippen molar-refractivity contribution in [1.29, 1.82) is 0 Å². The molecule has 2 N–H and O–H groups in total. The van der Waals surface area contributed by atoms with E-state index in [2.05, 4.69) is 17.4 Å². The van der Waals surface area contributed by atoms with Gasteiger partial charge in [0.25, 0.3) is 0 Å². The zero-order chi connectivity index (χ0) is 18.9. The van der Waals surface area contributed by atoms with Gasteiger partial charge in [0.2, 0.25) is 0 Å². The minimum atomic E-state index is -0.655. The van der Waals surface area contributed by atoms with Crippen molar-refractivity contribution in [3.05, 3.63) is 60.2 Å². The third-order valence-electron chi connectivity index (χ3n) is 4.34. The third kappa shape index (κ3) is 6.27. The van der Waals surface area contributed by atoms with E-state index in [-0.39, 0.29) is 19.2 Å². The summed E-state index contributed by atoms with van der Waals surface area (Å²) in [5, 5.41) is 12.6. The predicted molar refractivity (Wildman–Crippen MR) is 104 cm³/mol. The van der Waals surface area contributed by atoms with Gasteiger partial charge in [0.1, 0.15) is 5.75 Å². The molecule has 1 aliphatic rings. The van der Waals surface area contributed by atoms with E-state index >= 15 is 0 Å². The van der Waals surface area contributed by atoms with E-state index in [0.29, 0.717) is 25.4 Å². The molecule has 0 spiro atoms. The first-order chi connectivity index (χ1) is 13.2. The largest absolute Gasteiger partial charge is 0.494 e. The zero-order valence-corrected chi connectivity index (χ0v) is 15.3. The number of anilines is 1. The van der Waals surface area contributed by atoms with Crippen LogP contribution in [-0.4, -0.2) is 55.1 Å². The average molecular weight is 370 g/mol. The number of aryl methyl sites for hydroxylation is 1. The number of hydrogen-bond donors (Lipinski definition) is 2. The highest BCUT2D eigenvalue weighted by Crippen LogP contribution is 2.18. The highest BCUT2D eigenvalue weighted by Gasteiger charge is 2.20. The summed E-state index contributed by atoms with van der Waals surface area (Å²) >= 11 is 0. The Morgan fingerprint density at radius 3 is 2.93 bits per heavy atom. The normalized spacial score (nSPS) is 17.2. The van der Waals surface area contributed by atoms with Gasteiger partial charge >= 0.3 is 6.03 Å². The number of nitrogens with zero attached hydrogens (tertiary/aromatic N) is 1. The lowest BCUT2D eigenvalue weighted by molar-refractivity contribution is 0.0575. The lowest BCUT2D eigenvalue weighted by atomic mass is 10.1. The van der Waals surface area contributed by atoms with Gasteiger partial charge in [-0.2, -0.15) is 0 Å². The van der Waals surface area contributed by atoms with E-state index in [4.69, 9.17) is 9.47 Å². The monoisotopic (exact) mass is 370 g/mol. The molecule has 1 fully saturated rings. The fraction of sp³-hybridized carbons (Fsp3) is 0.381. The summed E-state index contributed by atoms with van der Waals surface area (Å²) in [7, 11) is 0. The van der Waals surface area contributed by atoms with Crippen LogP contribution in [0, 0.1) is 0 Å². The number of β-amino-alcohol motifs (C(OH)–C–C–N with tert-alkyl or cyclic N) is 1. The van der Waals surface area contributed by atoms with Crippen LogP contribution in [0.15, 0.2) is 54.6 Å². The first-order valence-electron chi connectivity index (χ1n) is 9.29. The van der Waals surface area contributed by atoms with Crippen molar-refractivity contribution in [2.45, 2.75) is 18.9 Å². The molecule has 1 heterocycles. The molecule has 1 saturated heterocycles. The first kappa shape index (κ1) is 19.2. The molecular formula is C21H26N2O4. The third-order valence-corrected chi connectivity index (χ3v) is 4.34. The molecule has 2 aromatic rings. The molecule has 1 aliphatic heterocycles. The van der Waals surface area contributed by atoms with E-state index in [1.807, 2.05) is 42.5 Å². The molecule has 0 unspecified atom stereocenters. The van der Waals surface area contributed by atoms with Crippen LogP contribution < -0.4 is 10.1 Å². The number of ether oxygens (including phenoxy) is 2. The number of aliphatic hydroxyl groups excluding tert-OH is 1. The number of rotatable bonds is 6. The van der Waals surface area contributed by atoms with Gasteiger partial charge in [-0.1, -0.05) is 36.4 Å². The summed E-state index contributed by atoms with van der Waals surface area (Å²) < 4.78 is 11.1. The molecule has 6 heteroatoms. The van der Waals surface area contributed by atoms with Gasteiger partial charge in [-0.3, -0.25) is 0 Å². The summed E-state index contributed by atoms with van der Waals surface area (Å²) in [5.41, 5.74) is 1.96. The highest BCUT2D eigenvalue weighted by molar-refractivity contribution is 5.89. The smallest absolute Gasteiger partial charge is 0.322 e. The fourth-order valence-corrected chi connectivity index (χ4v) is 2.95. The lowest BCUT2D eigenvalue weighted by Crippen LogP contribution is -2.40. The molecule has 0 bridgehead atoms. The van der Waals surface area contributed by atoms with Crippen LogP contribution in [0.25, 0.3) is 0 Å². The molecule has 3 rings (SSSR count). The summed E-state index contributed by atoms with van der Waals surface area (Å²) in [6, 6.07) is 17.4. The molecule has 2 aromatic carbocycles. The van der Waals surface area contributed by atoms with Gasteiger partial charge in [0.05, 0.1) is 32.5 Å². The number of hydrogen-bond acceptors (Lipinski definition) is 4. The van der Waals surface area contributed by atoms with Crippen molar-refractivity contribution in [3.63, 3.8) is 0 Å². The van der Waals surface area contributed by atoms with E-state index in [1.54, 1.807) is 4.90 Å². The second-order valence-electron chi connectivity index (χ2n) is 6.57. The molecular weight excluding hydrogens is 344 g/mol. The molecule has 6 nitrogen and oxygen atoms in total. The van der Waals surface area contributed by atoms with Crippen molar-refractivity contribution >= 4 is 11.7 Å². The molecule has 0 aliphatic carbocycles. The van der Waals surface area contributed by atoms with Crippen molar-refractivity contribution in [3.8, 4) is 5.75 Å². The summed E-state index contributed by atoms with van der Waals surface area (Å²) in [6.07, 6.45) is 1.24. The molecule has 1 atom stereocenters. The van der Waals surface area contributed by atoms with Gasteiger partial charge in [-0.05, 0) is 30.5 Å². The van der Waals surface area contributed by atoms with Crippen LogP contribution in [0.5, 0.6) is 5.75 Å². The summed E-state index contributed by atoms with van der Waals surface area (Å²) in [5.74, 6) is 0.722. The first-order valence-corrected chi connectivity index (χ1v) is 9.29. The van der Waals surface area contributed by atoms with Crippen LogP contribution in [0.3, 0.4) is 0 Å². The highest BCUT2D eigenvalue weighted by atomic mass is 16.5. The topological polar surface area (TPSA) is 71.0 Å². The molecule has 0 aromatic heterocycles. The van der Waals surface area contributed by atoms with Crippen molar-refractivity contribution in [2.75, 3.05) is 38.2 Å². The van der Waals surface area contributed by atoms with Gasteiger partial charge in [0, 0.05) is 18.3 Å². The van der Waals surface area contributed by atoms with Crippen molar-refractivity contribution in [1.82, 2.24) is 4.90 Å². The Balaban J connectivity index is 1.47. The minimum absolute atomic E-state index is 0.249. The minimum Gasteiger partial charge on any atom is -0.494 e. The SMILES string of the molecule is O=C(Nc1cccc(OCCCc2ccccc2)c1)N1CCOC[C@H](O)C1. The summed E-state index contributed by atoms with van der Waals surface area (Å²) in [4.78, 5) is 14.0. The van der Waals surface area contributed by atoms with Crippen molar-refractivity contribution in [2.24, 2.45) is 0 Å². The van der Waals surface area contributed by atoms with Crippen LogP contribution >= 0.6 is 0 Å². The molecule has 144 valence electrons. The van der Waals surface area contributed by atoms with Crippen LogP contribution in [0.1, 0.15) is 12.0 Å². The maximum absolute atomic E-state index is 12.4. The lowest BCUT2D eigenvalue weighted by Gasteiger charge is -2.21. The van der Waals surface area contributed by atoms with Gasteiger partial charge < -0.3 is 24.8 Å². The Morgan fingerprint density at radius 2 is 2.07 bits per heavy atom. The molecule has 0 radical (unpaired) electrons. The van der Waals surface area contributed by atoms with Gasteiger partial charge in [-0.15, -0.1) is 0 Å². The Kier molecular flexibility index (Phi) is 7.07.